The third-order valence-corrected chi connectivity index (χ3v) is 4.97. The molecule has 0 atom stereocenters. The number of amides is 2. The molecule has 0 aliphatic heterocycles. The third kappa shape index (κ3) is 5.31. The molecule has 3 rings (SSSR count). The quantitative estimate of drug-likeness (QED) is 0.521. The van der Waals surface area contributed by atoms with Crippen LogP contribution in [0.2, 0.25) is 5.02 Å². The van der Waals surface area contributed by atoms with E-state index in [1.54, 1.807) is 24.3 Å². The van der Waals surface area contributed by atoms with Crippen molar-refractivity contribution in [3.05, 3.63) is 82.4 Å². The van der Waals surface area contributed by atoms with E-state index in [2.05, 4.69) is 10.6 Å². The number of methoxy groups -OCH3 is 2. The lowest BCUT2D eigenvalue weighted by atomic mass is 10.1. The summed E-state index contributed by atoms with van der Waals surface area (Å²) in [6.45, 7) is 0.312. The lowest BCUT2D eigenvalue weighted by molar-refractivity contribution is 0.0961. The smallest absolute Gasteiger partial charge is 0.255 e. The van der Waals surface area contributed by atoms with Gasteiger partial charge in [-0.05, 0) is 35.9 Å². The van der Waals surface area contributed by atoms with Crippen molar-refractivity contribution in [3.8, 4) is 17.2 Å². The fourth-order valence-electron chi connectivity index (χ4n) is 3.00. The van der Waals surface area contributed by atoms with Crippen LogP contribution in [0.25, 0.3) is 0 Å². The second kappa shape index (κ2) is 10.5. The molecule has 3 aromatic carbocycles. The van der Waals surface area contributed by atoms with Crippen molar-refractivity contribution in [2.24, 2.45) is 0 Å². The molecule has 0 unspecified atom stereocenters. The minimum absolute atomic E-state index is 0.256. The maximum Gasteiger partial charge on any atom is 0.255 e. The van der Waals surface area contributed by atoms with E-state index in [4.69, 9.17) is 25.8 Å². The summed E-state index contributed by atoms with van der Waals surface area (Å²) < 4.78 is 16.8. The number of carbonyl (C=O) groups is 2. The number of halogens is 1. The molecule has 2 N–H and O–H groups in total. The van der Waals surface area contributed by atoms with Gasteiger partial charge in [0.25, 0.3) is 11.8 Å². The van der Waals surface area contributed by atoms with E-state index in [-0.39, 0.29) is 16.5 Å². The van der Waals surface area contributed by atoms with E-state index in [0.29, 0.717) is 35.1 Å². The predicted octanol–water partition coefficient (Wildman–Crippen LogP) is 4.55. The van der Waals surface area contributed by atoms with Crippen LogP contribution in [0.1, 0.15) is 26.3 Å². The first-order valence-corrected chi connectivity index (χ1v) is 10.1. The summed E-state index contributed by atoms with van der Waals surface area (Å²) in [4.78, 5) is 24.8. The molecule has 8 heteroatoms. The maximum absolute atomic E-state index is 12.9. The van der Waals surface area contributed by atoms with Crippen molar-refractivity contribution < 1.29 is 23.8 Å². The summed E-state index contributed by atoms with van der Waals surface area (Å²) in [6.07, 6.45) is 0. The first kappa shape index (κ1) is 23.0. The number of carbonyl (C=O) groups excluding carboxylic acids is 2. The molecule has 0 aromatic heterocycles. The van der Waals surface area contributed by atoms with Gasteiger partial charge in [0, 0.05) is 18.3 Å². The van der Waals surface area contributed by atoms with Gasteiger partial charge in [-0.3, -0.25) is 9.59 Å². The van der Waals surface area contributed by atoms with Crippen LogP contribution < -0.4 is 24.8 Å². The molecule has 2 amide bonds. The zero-order valence-electron chi connectivity index (χ0n) is 17.9. The molecule has 0 aliphatic carbocycles. The standard InChI is InChI=1S/C24H23ClN2O5/c1-26-24(29)18-13-17(9-10-19(18)25)27-23(28)16-11-20(30-2)22(21(12-16)31-3)32-14-15-7-5-4-6-8-15/h4-13H,14H2,1-3H3,(H,26,29)(H,27,28). The number of ether oxygens (including phenoxy) is 3. The molecule has 32 heavy (non-hydrogen) atoms. The second-order valence-corrected chi connectivity index (χ2v) is 7.12. The van der Waals surface area contributed by atoms with Crippen molar-refractivity contribution in [1.29, 1.82) is 0 Å². The molecule has 0 aliphatic rings. The lowest BCUT2D eigenvalue weighted by Gasteiger charge is -2.16. The average molecular weight is 455 g/mol. The molecule has 0 heterocycles. The van der Waals surface area contributed by atoms with Gasteiger partial charge in [0.2, 0.25) is 5.75 Å². The van der Waals surface area contributed by atoms with Gasteiger partial charge in [-0.2, -0.15) is 0 Å². The monoisotopic (exact) mass is 454 g/mol. The zero-order chi connectivity index (χ0) is 23.1. The molecular formula is C24H23ClN2O5. The molecule has 0 saturated carbocycles. The number of hydrogen-bond donors (Lipinski definition) is 2. The summed E-state index contributed by atoms with van der Waals surface area (Å²) in [5.41, 5.74) is 1.95. The van der Waals surface area contributed by atoms with E-state index in [9.17, 15) is 9.59 Å². The van der Waals surface area contributed by atoms with Crippen LogP contribution >= 0.6 is 11.6 Å². The zero-order valence-corrected chi connectivity index (χ0v) is 18.7. The summed E-state index contributed by atoms with van der Waals surface area (Å²) in [6, 6.07) is 17.4. The Kier molecular flexibility index (Phi) is 7.57. The van der Waals surface area contributed by atoms with Gasteiger partial charge in [-0.25, -0.2) is 0 Å². The molecule has 0 saturated heterocycles. The van der Waals surface area contributed by atoms with Crippen LogP contribution in [0.3, 0.4) is 0 Å². The van der Waals surface area contributed by atoms with Crippen LogP contribution in [0.5, 0.6) is 17.2 Å². The largest absolute Gasteiger partial charge is 0.493 e. The highest BCUT2D eigenvalue weighted by Crippen LogP contribution is 2.39. The molecule has 0 bridgehead atoms. The van der Waals surface area contributed by atoms with Crippen molar-refractivity contribution >= 4 is 29.1 Å². The van der Waals surface area contributed by atoms with Gasteiger partial charge in [-0.1, -0.05) is 41.9 Å². The topological polar surface area (TPSA) is 85.9 Å². The summed E-state index contributed by atoms with van der Waals surface area (Å²) in [5, 5.41) is 5.55. The van der Waals surface area contributed by atoms with E-state index < -0.39 is 5.91 Å². The Labute approximate surface area is 191 Å². The minimum atomic E-state index is -0.415. The summed E-state index contributed by atoms with van der Waals surface area (Å²) >= 11 is 6.07. The van der Waals surface area contributed by atoms with Crippen molar-refractivity contribution in [1.82, 2.24) is 5.32 Å². The predicted molar refractivity (Wildman–Crippen MR) is 123 cm³/mol. The van der Waals surface area contributed by atoms with Crippen LogP contribution in [0.4, 0.5) is 5.69 Å². The first-order chi connectivity index (χ1) is 15.5. The Morgan fingerprint density at radius 1 is 0.906 bits per heavy atom. The molecule has 0 radical (unpaired) electrons. The summed E-state index contributed by atoms with van der Waals surface area (Å²) in [5.74, 6) is 0.333. The minimum Gasteiger partial charge on any atom is -0.493 e. The van der Waals surface area contributed by atoms with Gasteiger partial charge >= 0.3 is 0 Å². The number of benzene rings is 3. The number of anilines is 1. The van der Waals surface area contributed by atoms with Gasteiger partial charge in [0.1, 0.15) is 6.61 Å². The average Bonchev–Trinajstić information content (AvgIpc) is 2.83. The Hall–Kier alpha value is -3.71. The molecular weight excluding hydrogens is 432 g/mol. The molecule has 3 aromatic rings. The Morgan fingerprint density at radius 2 is 1.56 bits per heavy atom. The normalized spacial score (nSPS) is 10.2. The fourth-order valence-corrected chi connectivity index (χ4v) is 3.20. The highest BCUT2D eigenvalue weighted by molar-refractivity contribution is 6.34. The van der Waals surface area contributed by atoms with Crippen LogP contribution in [-0.4, -0.2) is 33.1 Å². The molecule has 0 spiro atoms. The van der Waals surface area contributed by atoms with Gasteiger partial charge < -0.3 is 24.8 Å². The number of nitrogens with one attached hydrogen (secondary N) is 2. The van der Waals surface area contributed by atoms with Crippen molar-refractivity contribution in [3.63, 3.8) is 0 Å². The molecule has 166 valence electrons. The first-order valence-electron chi connectivity index (χ1n) is 9.72. The van der Waals surface area contributed by atoms with E-state index >= 15 is 0 Å². The number of hydrogen-bond acceptors (Lipinski definition) is 5. The maximum atomic E-state index is 12.9. The summed E-state index contributed by atoms with van der Waals surface area (Å²) in [7, 11) is 4.48. The lowest BCUT2D eigenvalue weighted by Crippen LogP contribution is -2.19. The Balaban J connectivity index is 1.85. The highest BCUT2D eigenvalue weighted by atomic mass is 35.5. The van der Waals surface area contributed by atoms with E-state index in [1.165, 1.54) is 27.3 Å². The van der Waals surface area contributed by atoms with Crippen LogP contribution in [-0.2, 0) is 6.61 Å². The number of rotatable bonds is 8. The van der Waals surface area contributed by atoms with Gasteiger partial charge in [0.15, 0.2) is 11.5 Å². The third-order valence-electron chi connectivity index (χ3n) is 4.64. The SMILES string of the molecule is CNC(=O)c1cc(NC(=O)c2cc(OC)c(OCc3ccccc3)c(OC)c2)ccc1Cl. The Bertz CT molecular complexity index is 1090. The van der Waals surface area contributed by atoms with Crippen molar-refractivity contribution in [2.75, 3.05) is 26.6 Å². The highest BCUT2D eigenvalue weighted by Gasteiger charge is 2.19. The van der Waals surface area contributed by atoms with E-state index in [0.717, 1.165) is 5.56 Å². The molecule has 0 fully saturated rings. The van der Waals surface area contributed by atoms with E-state index in [1.807, 2.05) is 30.3 Å². The molecule has 7 nitrogen and oxygen atoms in total. The van der Waals surface area contributed by atoms with Gasteiger partial charge in [0.05, 0.1) is 24.8 Å². The second-order valence-electron chi connectivity index (χ2n) is 6.71. The van der Waals surface area contributed by atoms with Gasteiger partial charge in [-0.15, -0.1) is 0 Å². The van der Waals surface area contributed by atoms with Crippen LogP contribution in [0, 0.1) is 0 Å². The fraction of sp³-hybridized carbons (Fsp3) is 0.167. The van der Waals surface area contributed by atoms with Crippen molar-refractivity contribution in [2.45, 2.75) is 6.61 Å². The van der Waals surface area contributed by atoms with Crippen LogP contribution in [0.15, 0.2) is 60.7 Å². The Morgan fingerprint density at radius 3 is 2.16 bits per heavy atom.